The first-order valence-electron chi connectivity index (χ1n) is 8.67. The molecule has 0 aromatic heterocycles. The fourth-order valence-electron chi connectivity index (χ4n) is 1.97. The Balaban J connectivity index is 0.000000362. The van der Waals surface area contributed by atoms with Crippen LogP contribution in [-0.4, -0.2) is 33.4 Å². The zero-order valence-electron chi connectivity index (χ0n) is 15.3. The summed E-state index contributed by atoms with van der Waals surface area (Å²) in [6, 6.07) is 16.6. The molecule has 0 amide bonds. The molecule has 2 rings (SSSR count). The lowest BCUT2D eigenvalue weighted by atomic mass is 10.1. The smallest absolute Gasteiger partial charge is 0.335 e. The monoisotopic (exact) mass is 360 g/mol. The molecule has 142 valence electrons. The first-order chi connectivity index (χ1) is 12.4. The number of aliphatic hydroxyl groups excluding tert-OH is 1. The highest BCUT2D eigenvalue weighted by molar-refractivity contribution is 5.87. The van der Waals surface area contributed by atoms with Gasteiger partial charge in [-0.25, -0.2) is 9.59 Å². The Labute approximate surface area is 154 Å². The summed E-state index contributed by atoms with van der Waals surface area (Å²) in [4.78, 5) is 20.4. The molecule has 26 heavy (non-hydrogen) atoms. The number of carboxylic acid groups (broad SMARTS) is 2. The third-order valence-corrected chi connectivity index (χ3v) is 3.29. The van der Waals surface area contributed by atoms with E-state index in [2.05, 4.69) is 13.8 Å². The second kappa shape index (κ2) is 14.7. The maximum atomic E-state index is 10.2. The molecule has 3 N–H and O–H groups in total. The van der Waals surface area contributed by atoms with E-state index in [1.807, 2.05) is 0 Å². The summed E-state index contributed by atoms with van der Waals surface area (Å²) < 4.78 is 0. The Morgan fingerprint density at radius 2 is 1.04 bits per heavy atom. The summed E-state index contributed by atoms with van der Waals surface area (Å²) >= 11 is 0. The van der Waals surface area contributed by atoms with Gasteiger partial charge in [0.05, 0.1) is 17.2 Å². The van der Waals surface area contributed by atoms with Gasteiger partial charge in [0.15, 0.2) is 0 Å². The van der Waals surface area contributed by atoms with Crippen LogP contribution in [0.1, 0.15) is 60.2 Å². The highest BCUT2D eigenvalue weighted by Crippen LogP contribution is 2.02. The van der Waals surface area contributed by atoms with Crippen LogP contribution in [-0.2, 0) is 0 Å². The van der Waals surface area contributed by atoms with E-state index in [0.29, 0.717) is 11.1 Å². The van der Waals surface area contributed by atoms with Gasteiger partial charge in [0.25, 0.3) is 0 Å². The van der Waals surface area contributed by atoms with Gasteiger partial charge < -0.3 is 15.3 Å². The minimum atomic E-state index is -0.879. The quantitative estimate of drug-likeness (QED) is 0.693. The van der Waals surface area contributed by atoms with E-state index in [1.54, 1.807) is 60.7 Å². The largest absolute Gasteiger partial charge is 0.478 e. The van der Waals surface area contributed by atoms with Crippen LogP contribution in [0.4, 0.5) is 0 Å². The normalized spacial score (nSPS) is 9.38. The molecule has 2 aromatic carbocycles. The van der Waals surface area contributed by atoms with E-state index in [9.17, 15) is 9.59 Å². The number of carbonyl (C=O) groups is 2. The minimum Gasteiger partial charge on any atom is -0.478 e. The number of hydrogen-bond donors (Lipinski definition) is 3. The lowest BCUT2D eigenvalue weighted by Crippen LogP contribution is -2.03. The minimum absolute atomic E-state index is 0.0370. The van der Waals surface area contributed by atoms with Gasteiger partial charge in [0, 0.05) is 0 Å². The molecule has 0 atom stereocenters. The predicted octanol–water partition coefficient (Wildman–Crippen LogP) is 4.72. The first-order valence-corrected chi connectivity index (χ1v) is 8.67. The third kappa shape index (κ3) is 11.8. The number of hydrogen-bond acceptors (Lipinski definition) is 3. The van der Waals surface area contributed by atoms with Crippen LogP contribution in [0.2, 0.25) is 0 Å². The van der Waals surface area contributed by atoms with Gasteiger partial charge in [-0.1, -0.05) is 63.1 Å². The van der Waals surface area contributed by atoms with Gasteiger partial charge in [-0.2, -0.15) is 0 Å². The second-order valence-corrected chi connectivity index (χ2v) is 5.57. The van der Waals surface area contributed by atoms with Crippen LogP contribution in [0.15, 0.2) is 60.7 Å². The molecule has 0 aliphatic carbocycles. The topological polar surface area (TPSA) is 94.8 Å². The van der Waals surface area contributed by atoms with Crippen LogP contribution >= 0.6 is 0 Å². The van der Waals surface area contributed by atoms with Crippen molar-refractivity contribution >= 4 is 11.9 Å². The van der Waals surface area contributed by atoms with E-state index >= 15 is 0 Å². The molecular formula is C21H28O5. The molecule has 0 saturated heterocycles. The second-order valence-electron chi connectivity index (χ2n) is 5.57. The van der Waals surface area contributed by atoms with Gasteiger partial charge in [-0.15, -0.1) is 0 Å². The molecule has 0 aliphatic heterocycles. The van der Waals surface area contributed by atoms with E-state index in [0.717, 1.165) is 25.7 Å². The molecule has 0 fully saturated rings. The van der Waals surface area contributed by atoms with Crippen molar-refractivity contribution in [2.75, 3.05) is 0 Å². The lowest BCUT2D eigenvalue weighted by Gasteiger charge is -2.04. The maximum absolute atomic E-state index is 10.2. The lowest BCUT2D eigenvalue weighted by molar-refractivity contribution is 0.0686. The van der Waals surface area contributed by atoms with Crippen molar-refractivity contribution in [1.82, 2.24) is 0 Å². The molecule has 5 nitrogen and oxygen atoms in total. The fraction of sp³-hybridized carbons (Fsp3) is 0.333. The van der Waals surface area contributed by atoms with Crippen molar-refractivity contribution in [3.05, 3.63) is 71.8 Å². The Morgan fingerprint density at radius 1 is 0.731 bits per heavy atom. The SMILES string of the molecule is CCCC(O)CCC.O=C(O)c1ccccc1.O=C(O)c1ccccc1. The van der Waals surface area contributed by atoms with E-state index in [4.69, 9.17) is 15.3 Å². The van der Waals surface area contributed by atoms with Crippen LogP contribution in [0.3, 0.4) is 0 Å². The number of rotatable bonds is 6. The standard InChI is InChI=1S/2C7H6O2.C7H16O/c2*8-7(9)6-4-2-1-3-5-6;1-3-5-7(8)6-4-2/h2*1-5H,(H,8,9);7-8H,3-6H2,1-2H3. The Morgan fingerprint density at radius 3 is 1.23 bits per heavy atom. The predicted molar refractivity (Wildman–Crippen MR) is 103 cm³/mol. The van der Waals surface area contributed by atoms with E-state index < -0.39 is 11.9 Å². The summed E-state index contributed by atoms with van der Waals surface area (Å²) in [5.74, 6) is -1.76. The van der Waals surface area contributed by atoms with Crippen LogP contribution in [0.25, 0.3) is 0 Å². The molecule has 0 aliphatic rings. The van der Waals surface area contributed by atoms with Gasteiger partial charge in [0.2, 0.25) is 0 Å². The molecule has 0 saturated carbocycles. The van der Waals surface area contributed by atoms with Crippen LogP contribution < -0.4 is 0 Å². The molecular weight excluding hydrogens is 332 g/mol. The highest BCUT2D eigenvalue weighted by atomic mass is 16.4. The third-order valence-electron chi connectivity index (χ3n) is 3.29. The summed E-state index contributed by atoms with van der Waals surface area (Å²) in [6.07, 6.45) is 4.09. The average Bonchev–Trinajstić information content (AvgIpc) is 2.65. The van der Waals surface area contributed by atoms with Crippen molar-refractivity contribution in [3.8, 4) is 0 Å². The summed E-state index contributed by atoms with van der Waals surface area (Å²) in [5, 5.41) is 25.8. The summed E-state index contributed by atoms with van der Waals surface area (Å²) in [7, 11) is 0. The van der Waals surface area contributed by atoms with Gasteiger partial charge in [-0.05, 0) is 37.1 Å². The van der Waals surface area contributed by atoms with Gasteiger partial charge >= 0.3 is 11.9 Å². The first kappa shape index (κ1) is 23.3. The number of aliphatic hydroxyl groups is 1. The number of aromatic carboxylic acids is 2. The Kier molecular flexibility index (Phi) is 13.2. The van der Waals surface area contributed by atoms with Crippen LogP contribution in [0, 0.1) is 0 Å². The zero-order valence-corrected chi connectivity index (χ0v) is 15.3. The van der Waals surface area contributed by atoms with Crippen LogP contribution in [0.5, 0.6) is 0 Å². The van der Waals surface area contributed by atoms with Crippen molar-refractivity contribution < 1.29 is 24.9 Å². The molecule has 5 heteroatoms. The highest BCUT2D eigenvalue weighted by Gasteiger charge is 1.98. The Bertz CT molecular complexity index is 555. The number of benzene rings is 2. The van der Waals surface area contributed by atoms with Crippen molar-refractivity contribution in [2.24, 2.45) is 0 Å². The van der Waals surface area contributed by atoms with Gasteiger partial charge in [0.1, 0.15) is 0 Å². The fourth-order valence-corrected chi connectivity index (χ4v) is 1.97. The van der Waals surface area contributed by atoms with Crippen molar-refractivity contribution in [3.63, 3.8) is 0 Å². The van der Waals surface area contributed by atoms with Crippen molar-refractivity contribution in [1.29, 1.82) is 0 Å². The van der Waals surface area contributed by atoms with E-state index in [-0.39, 0.29) is 6.10 Å². The van der Waals surface area contributed by atoms with Crippen molar-refractivity contribution in [2.45, 2.75) is 45.6 Å². The molecule has 2 aromatic rings. The summed E-state index contributed by atoms with van der Waals surface area (Å²) in [6.45, 7) is 4.19. The molecule has 0 heterocycles. The number of carboxylic acids is 2. The molecule has 0 spiro atoms. The molecule has 0 unspecified atom stereocenters. The van der Waals surface area contributed by atoms with Gasteiger partial charge in [-0.3, -0.25) is 0 Å². The molecule has 0 bridgehead atoms. The Hall–Kier alpha value is -2.66. The average molecular weight is 360 g/mol. The zero-order chi connectivity index (χ0) is 19.8. The maximum Gasteiger partial charge on any atom is 0.335 e. The van der Waals surface area contributed by atoms with E-state index in [1.165, 1.54) is 0 Å². The summed E-state index contributed by atoms with van der Waals surface area (Å²) in [5.41, 5.74) is 0.662. The molecule has 0 radical (unpaired) electrons.